The monoisotopic (exact) mass is 261 g/mol. The Balaban J connectivity index is 2.33. The van der Waals surface area contributed by atoms with Gasteiger partial charge < -0.3 is 5.73 Å². The third-order valence-electron chi connectivity index (χ3n) is 3.09. The van der Waals surface area contributed by atoms with Crippen molar-refractivity contribution in [1.29, 1.82) is 0 Å². The number of hydrogen-bond acceptors (Lipinski definition) is 2. The molecule has 96 valence electrons. The average molecular weight is 261 g/mol. The molecular formula is C15H19NOS. The smallest absolute Gasteiger partial charge is 0.0431 e. The molecule has 3 heteroatoms. The van der Waals surface area contributed by atoms with Gasteiger partial charge in [-0.3, -0.25) is 4.21 Å². The fraction of sp³-hybridized carbons (Fsp3) is 0.333. The molecule has 0 saturated carbocycles. The molecule has 0 spiro atoms. The molecule has 0 heterocycles. The van der Waals surface area contributed by atoms with Gasteiger partial charge in [0.2, 0.25) is 0 Å². The van der Waals surface area contributed by atoms with Crippen LogP contribution in [0, 0.1) is 0 Å². The molecule has 2 N–H and O–H groups in total. The van der Waals surface area contributed by atoms with Crippen LogP contribution < -0.4 is 5.73 Å². The lowest BCUT2D eigenvalue weighted by Gasteiger charge is -2.15. The van der Waals surface area contributed by atoms with Crippen LogP contribution in [0.3, 0.4) is 0 Å². The highest BCUT2D eigenvalue weighted by Crippen LogP contribution is 2.23. The largest absolute Gasteiger partial charge is 0.323 e. The van der Waals surface area contributed by atoms with Gasteiger partial charge in [0.25, 0.3) is 0 Å². The molecule has 2 aromatic rings. The number of fused-ring (bicyclic) bond motifs is 1. The van der Waals surface area contributed by atoms with Gasteiger partial charge in [0.15, 0.2) is 0 Å². The molecule has 0 aliphatic heterocycles. The van der Waals surface area contributed by atoms with Gasteiger partial charge in [-0.05, 0) is 16.3 Å². The van der Waals surface area contributed by atoms with Crippen molar-refractivity contribution in [3.05, 3.63) is 48.0 Å². The molecule has 0 aliphatic carbocycles. The predicted octanol–water partition coefficient (Wildman–Crippen LogP) is 3.00. The van der Waals surface area contributed by atoms with Crippen LogP contribution in [0.4, 0.5) is 0 Å². The van der Waals surface area contributed by atoms with Crippen LogP contribution in [0.1, 0.15) is 25.5 Å². The van der Waals surface area contributed by atoms with E-state index >= 15 is 0 Å². The Morgan fingerprint density at radius 1 is 1.11 bits per heavy atom. The summed E-state index contributed by atoms with van der Waals surface area (Å²) in [5, 5.41) is 2.50. The second-order valence-corrected chi connectivity index (χ2v) is 6.81. The summed E-state index contributed by atoms with van der Waals surface area (Å²) >= 11 is 0. The minimum Gasteiger partial charge on any atom is -0.323 e. The van der Waals surface area contributed by atoms with Crippen LogP contribution >= 0.6 is 0 Å². The summed E-state index contributed by atoms with van der Waals surface area (Å²) in [4.78, 5) is 0. The molecule has 0 bridgehead atoms. The molecule has 0 radical (unpaired) electrons. The number of nitrogens with two attached hydrogens (primary N) is 1. The van der Waals surface area contributed by atoms with Crippen molar-refractivity contribution >= 4 is 21.6 Å². The normalized spacial score (nSPS) is 14.9. The van der Waals surface area contributed by atoms with Gasteiger partial charge in [0.1, 0.15) is 0 Å². The van der Waals surface area contributed by atoms with E-state index in [9.17, 15) is 4.21 Å². The first-order chi connectivity index (χ1) is 8.59. The Labute approximate surface area is 111 Å². The van der Waals surface area contributed by atoms with E-state index in [0.29, 0.717) is 5.75 Å². The summed E-state index contributed by atoms with van der Waals surface area (Å²) in [6.07, 6.45) is 0. The highest BCUT2D eigenvalue weighted by Gasteiger charge is 2.14. The van der Waals surface area contributed by atoms with Crippen LogP contribution in [0.15, 0.2) is 42.5 Å². The van der Waals surface area contributed by atoms with Crippen molar-refractivity contribution in [2.45, 2.75) is 25.1 Å². The van der Waals surface area contributed by atoms with E-state index in [1.54, 1.807) is 0 Å². The Morgan fingerprint density at radius 3 is 2.50 bits per heavy atom. The number of rotatable bonds is 4. The van der Waals surface area contributed by atoms with Gasteiger partial charge in [-0.2, -0.15) is 0 Å². The molecule has 0 saturated heterocycles. The van der Waals surface area contributed by atoms with E-state index in [0.717, 1.165) is 10.9 Å². The Morgan fingerprint density at radius 2 is 1.78 bits per heavy atom. The van der Waals surface area contributed by atoms with E-state index < -0.39 is 10.8 Å². The SMILES string of the molecule is CC(C)S(=O)CC(N)c1cccc2ccccc12. The zero-order valence-corrected chi connectivity index (χ0v) is 11.6. The van der Waals surface area contributed by atoms with Crippen LogP contribution in [0.25, 0.3) is 10.8 Å². The zero-order chi connectivity index (χ0) is 13.1. The minimum absolute atomic E-state index is 0.158. The van der Waals surface area contributed by atoms with Crippen LogP contribution in [-0.2, 0) is 10.8 Å². The number of hydrogen-bond donors (Lipinski definition) is 1. The Hall–Kier alpha value is -1.19. The molecule has 0 aromatic heterocycles. The van der Waals surface area contributed by atoms with Crippen molar-refractivity contribution in [1.82, 2.24) is 0 Å². The molecule has 0 aliphatic rings. The summed E-state index contributed by atoms with van der Waals surface area (Å²) in [6, 6.07) is 14.1. The molecule has 0 fully saturated rings. The molecule has 2 rings (SSSR count). The first-order valence-corrected chi connectivity index (χ1v) is 7.58. The van der Waals surface area contributed by atoms with E-state index in [-0.39, 0.29) is 11.3 Å². The second kappa shape index (κ2) is 5.63. The van der Waals surface area contributed by atoms with Crippen molar-refractivity contribution in [2.75, 3.05) is 5.75 Å². The topological polar surface area (TPSA) is 43.1 Å². The van der Waals surface area contributed by atoms with Gasteiger partial charge in [-0.1, -0.05) is 56.3 Å². The maximum absolute atomic E-state index is 11.9. The fourth-order valence-corrected chi connectivity index (χ4v) is 2.95. The van der Waals surface area contributed by atoms with E-state index in [4.69, 9.17) is 5.73 Å². The highest BCUT2D eigenvalue weighted by molar-refractivity contribution is 7.85. The third-order valence-corrected chi connectivity index (χ3v) is 4.83. The summed E-state index contributed by atoms with van der Waals surface area (Å²) in [5.74, 6) is 0.520. The lowest BCUT2D eigenvalue weighted by molar-refractivity contribution is 0.669. The van der Waals surface area contributed by atoms with E-state index in [1.807, 2.05) is 38.1 Å². The lowest BCUT2D eigenvalue weighted by atomic mass is 10.0. The predicted molar refractivity (Wildman–Crippen MR) is 79.0 cm³/mol. The molecular weight excluding hydrogens is 242 g/mol. The summed E-state index contributed by atoms with van der Waals surface area (Å²) in [7, 11) is -0.870. The maximum atomic E-state index is 11.9. The third kappa shape index (κ3) is 2.79. The van der Waals surface area contributed by atoms with Crippen molar-refractivity contribution in [3.8, 4) is 0 Å². The first-order valence-electron chi connectivity index (χ1n) is 6.20. The Bertz CT molecular complexity index is 560. The molecule has 2 nitrogen and oxygen atoms in total. The average Bonchev–Trinajstić information content (AvgIpc) is 2.37. The highest BCUT2D eigenvalue weighted by atomic mass is 32.2. The molecule has 2 atom stereocenters. The van der Waals surface area contributed by atoms with Crippen molar-refractivity contribution < 1.29 is 4.21 Å². The van der Waals surface area contributed by atoms with Gasteiger partial charge in [0, 0.05) is 27.8 Å². The Kier molecular flexibility index (Phi) is 4.15. The quantitative estimate of drug-likeness (QED) is 0.919. The van der Waals surface area contributed by atoms with Crippen molar-refractivity contribution in [2.24, 2.45) is 5.73 Å². The van der Waals surface area contributed by atoms with Gasteiger partial charge >= 0.3 is 0 Å². The lowest BCUT2D eigenvalue weighted by Crippen LogP contribution is -2.22. The molecule has 0 amide bonds. The summed E-state index contributed by atoms with van der Waals surface area (Å²) in [6.45, 7) is 3.93. The van der Waals surface area contributed by atoms with Crippen molar-refractivity contribution in [3.63, 3.8) is 0 Å². The van der Waals surface area contributed by atoms with Gasteiger partial charge in [0.05, 0.1) is 0 Å². The van der Waals surface area contributed by atoms with Gasteiger partial charge in [-0.15, -0.1) is 0 Å². The zero-order valence-electron chi connectivity index (χ0n) is 10.8. The molecule has 2 unspecified atom stereocenters. The van der Waals surface area contributed by atoms with Crippen LogP contribution in [0.2, 0.25) is 0 Å². The maximum Gasteiger partial charge on any atom is 0.0431 e. The standard InChI is InChI=1S/C15H19NOS/c1-11(2)18(17)10-15(16)14-9-5-7-12-6-3-4-8-13(12)14/h3-9,11,15H,10,16H2,1-2H3. The van der Waals surface area contributed by atoms with E-state index in [2.05, 4.69) is 18.2 Å². The fourth-order valence-electron chi connectivity index (χ4n) is 2.03. The number of benzene rings is 2. The van der Waals surface area contributed by atoms with Crippen LogP contribution in [0.5, 0.6) is 0 Å². The minimum atomic E-state index is -0.870. The first kappa shape index (κ1) is 13.2. The molecule has 18 heavy (non-hydrogen) atoms. The van der Waals surface area contributed by atoms with Crippen LogP contribution in [-0.4, -0.2) is 15.2 Å². The summed E-state index contributed by atoms with van der Waals surface area (Å²) in [5.41, 5.74) is 7.29. The van der Waals surface area contributed by atoms with E-state index in [1.165, 1.54) is 5.39 Å². The second-order valence-electron chi connectivity index (χ2n) is 4.77. The van der Waals surface area contributed by atoms with Gasteiger partial charge in [-0.25, -0.2) is 0 Å². The summed E-state index contributed by atoms with van der Waals surface area (Å²) < 4.78 is 11.9. The molecule has 2 aromatic carbocycles.